The van der Waals surface area contributed by atoms with E-state index < -0.39 is 5.97 Å². The number of aryl methyl sites for hydroxylation is 1. The fourth-order valence-corrected chi connectivity index (χ4v) is 3.79. The summed E-state index contributed by atoms with van der Waals surface area (Å²) >= 11 is 0. The quantitative estimate of drug-likeness (QED) is 0.725. The van der Waals surface area contributed by atoms with Gasteiger partial charge in [0, 0.05) is 6.42 Å². The minimum Gasteiger partial charge on any atom is -0.481 e. The van der Waals surface area contributed by atoms with Crippen LogP contribution in [0.5, 0.6) is 0 Å². The number of carboxylic acids is 1. The van der Waals surface area contributed by atoms with E-state index in [4.69, 9.17) is 5.11 Å². The van der Waals surface area contributed by atoms with Crippen LogP contribution in [0.1, 0.15) is 64.4 Å². The molecule has 0 unspecified atom stereocenters. The molecular weight excluding hydrogens is 260 g/mol. The molecule has 1 aliphatic carbocycles. The summed E-state index contributed by atoms with van der Waals surface area (Å²) in [5.74, 6) is -0.663. The van der Waals surface area contributed by atoms with Crippen molar-refractivity contribution in [1.29, 1.82) is 0 Å². The van der Waals surface area contributed by atoms with Crippen LogP contribution in [0.2, 0.25) is 0 Å². The molecular formula is C19H28O2. The molecule has 0 saturated heterocycles. The maximum atomic E-state index is 10.7. The molecule has 0 radical (unpaired) electrons. The third kappa shape index (κ3) is 3.87. The largest absolute Gasteiger partial charge is 0.481 e. The smallest absolute Gasteiger partial charge is 0.303 e. The topological polar surface area (TPSA) is 37.3 Å². The van der Waals surface area contributed by atoms with Crippen molar-refractivity contribution in [2.45, 2.75) is 65.2 Å². The van der Waals surface area contributed by atoms with Crippen LogP contribution in [-0.4, -0.2) is 11.1 Å². The standard InChI is InChI=1S/C19H28O2/c1-18(12-6-10-16-8-4-3-5-9-16)14-15-19(18,2)13-7-11-17(20)21/h3-5,8-9H,6-7,10-15H2,1-2H3,(H,20,21)/t18-,19+/m1/s1. The first-order valence-corrected chi connectivity index (χ1v) is 8.21. The molecule has 1 N–H and O–H groups in total. The van der Waals surface area contributed by atoms with Gasteiger partial charge in [0.15, 0.2) is 0 Å². The fraction of sp³-hybridized carbons (Fsp3) is 0.632. The highest BCUT2D eigenvalue weighted by atomic mass is 16.4. The zero-order chi connectivity index (χ0) is 15.3. The van der Waals surface area contributed by atoms with Gasteiger partial charge in [-0.05, 0) is 61.3 Å². The Labute approximate surface area is 128 Å². The molecule has 1 saturated carbocycles. The predicted molar refractivity (Wildman–Crippen MR) is 86.3 cm³/mol. The molecule has 1 fully saturated rings. The van der Waals surface area contributed by atoms with Gasteiger partial charge in [0.25, 0.3) is 0 Å². The number of carbonyl (C=O) groups is 1. The van der Waals surface area contributed by atoms with Gasteiger partial charge in [-0.1, -0.05) is 44.2 Å². The predicted octanol–water partition coefficient (Wildman–Crippen LogP) is 5.07. The van der Waals surface area contributed by atoms with Crippen LogP contribution in [-0.2, 0) is 11.2 Å². The molecule has 2 atom stereocenters. The van der Waals surface area contributed by atoms with Crippen molar-refractivity contribution in [2.75, 3.05) is 0 Å². The highest BCUT2D eigenvalue weighted by Gasteiger charge is 2.50. The van der Waals surface area contributed by atoms with E-state index in [1.807, 2.05) is 0 Å². The van der Waals surface area contributed by atoms with Crippen LogP contribution in [0.3, 0.4) is 0 Å². The second-order valence-corrected chi connectivity index (χ2v) is 7.21. The molecule has 2 nitrogen and oxygen atoms in total. The average molecular weight is 288 g/mol. The van der Waals surface area contributed by atoms with Crippen LogP contribution >= 0.6 is 0 Å². The molecule has 0 aliphatic heterocycles. The van der Waals surface area contributed by atoms with Crippen molar-refractivity contribution >= 4 is 5.97 Å². The molecule has 1 aliphatic rings. The Morgan fingerprint density at radius 1 is 1.05 bits per heavy atom. The maximum absolute atomic E-state index is 10.7. The Morgan fingerprint density at radius 3 is 2.14 bits per heavy atom. The number of aliphatic carboxylic acids is 1. The molecule has 21 heavy (non-hydrogen) atoms. The Morgan fingerprint density at radius 2 is 1.62 bits per heavy atom. The van der Waals surface area contributed by atoms with Crippen molar-refractivity contribution in [3.05, 3.63) is 35.9 Å². The fourth-order valence-electron chi connectivity index (χ4n) is 3.79. The van der Waals surface area contributed by atoms with Crippen LogP contribution in [0.25, 0.3) is 0 Å². The molecule has 0 amide bonds. The molecule has 1 aromatic carbocycles. The van der Waals surface area contributed by atoms with Crippen LogP contribution < -0.4 is 0 Å². The van der Waals surface area contributed by atoms with Gasteiger partial charge < -0.3 is 5.11 Å². The second kappa shape index (κ2) is 6.64. The van der Waals surface area contributed by atoms with Gasteiger partial charge in [-0.3, -0.25) is 4.79 Å². The van der Waals surface area contributed by atoms with E-state index in [2.05, 4.69) is 44.2 Å². The molecule has 116 valence electrons. The lowest BCUT2D eigenvalue weighted by atomic mass is 9.48. The van der Waals surface area contributed by atoms with Gasteiger partial charge in [0.2, 0.25) is 0 Å². The van der Waals surface area contributed by atoms with E-state index in [9.17, 15) is 4.79 Å². The van der Waals surface area contributed by atoms with E-state index in [0.717, 1.165) is 19.3 Å². The summed E-state index contributed by atoms with van der Waals surface area (Å²) in [7, 11) is 0. The Bertz CT molecular complexity index is 468. The van der Waals surface area contributed by atoms with Crippen LogP contribution in [0, 0.1) is 10.8 Å². The van der Waals surface area contributed by atoms with E-state index in [1.165, 1.54) is 31.2 Å². The highest BCUT2D eigenvalue weighted by molar-refractivity contribution is 5.66. The lowest BCUT2D eigenvalue weighted by molar-refractivity contribution is -0.137. The van der Waals surface area contributed by atoms with E-state index in [-0.39, 0.29) is 0 Å². The minimum atomic E-state index is -0.663. The summed E-state index contributed by atoms with van der Waals surface area (Å²) in [4.78, 5) is 10.7. The molecule has 0 aromatic heterocycles. The zero-order valence-corrected chi connectivity index (χ0v) is 13.4. The number of hydrogen-bond acceptors (Lipinski definition) is 1. The third-order valence-corrected chi connectivity index (χ3v) is 5.84. The van der Waals surface area contributed by atoms with Gasteiger partial charge in [-0.15, -0.1) is 0 Å². The molecule has 2 heteroatoms. The summed E-state index contributed by atoms with van der Waals surface area (Å²) in [6.07, 6.45) is 8.39. The van der Waals surface area contributed by atoms with Gasteiger partial charge in [0.05, 0.1) is 0 Å². The number of hydrogen-bond donors (Lipinski definition) is 1. The number of rotatable bonds is 8. The molecule has 1 aromatic rings. The highest BCUT2D eigenvalue weighted by Crippen LogP contribution is 2.61. The van der Waals surface area contributed by atoms with Gasteiger partial charge in [-0.25, -0.2) is 0 Å². The second-order valence-electron chi connectivity index (χ2n) is 7.21. The first kappa shape index (κ1) is 16.1. The van der Waals surface area contributed by atoms with Gasteiger partial charge in [-0.2, -0.15) is 0 Å². The lowest BCUT2D eigenvalue weighted by Gasteiger charge is -2.57. The van der Waals surface area contributed by atoms with Crippen molar-refractivity contribution in [3.8, 4) is 0 Å². The van der Waals surface area contributed by atoms with E-state index >= 15 is 0 Å². The normalized spacial score (nSPS) is 28.1. The summed E-state index contributed by atoms with van der Waals surface area (Å²) in [5, 5.41) is 8.80. The lowest BCUT2D eigenvalue weighted by Crippen LogP contribution is -2.47. The zero-order valence-electron chi connectivity index (χ0n) is 13.4. The SMILES string of the molecule is C[C@]1(CCCC(=O)O)CC[C@@]1(C)CCCc1ccccc1. The van der Waals surface area contributed by atoms with Gasteiger partial charge in [0.1, 0.15) is 0 Å². The van der Waals surface area contributed by atoms with Crippen molar-refractivity contribution in [3.63, 3.8) is 0 Å². The monoisotopic (exact) mass is 288 g/mol. The van der Waals surface area contributed by atoms with Crippen molar-refractivity contribution in [1.82, 2.24) is 0 Å². The number of benzene rings is 1. The summed E-state index contributed by atoms with van der Waals surface area (Å²) in [5.41, 5.74) is 2.17. The minimum absolute atomic E-state index is 0.315. The van der Waals surface area contributed by atoms with E-state index in [0.29, 0.717) is 17.3 Å². The Kier molecular flexibility index (Phi) is 5.08. The summed E-state index contributed by atoms with van der Waals surface area (Å²) < 4.78 is 0. The molecule has 2 rings (SSSR count). The van der Waals surface area contributed by atoms with Crippen molar-refractivity contribution in [2.24, 2.45) is 10.8 Å². The van der Waals surface area contributed by atoms with Crippen LogP contribution in [0.15, 0.2) is 30.3 Å². The molecule has 0 spiro atoms. The maximum Gasteiger partial charge on any atom is 0.303 e. The van der Waals surface area contributed by atoms with E-state index in [1.54, 1.807) is 0 Å². The van der Waals surface area contributed by atoms with Crippen LogP contribution in [0.4, 0.5) is 0 Å². The average Bonchev–Trinajstić information content (AvgIpc) is 2.46. The first-order chi connectivity index (χ1) is 9.95. The Hall–Kier alpha value is -1.31. The van der Waals surface area contributed by atoms with Gasteiger partial charge >= 0.3 is 5.97 Å². The molecule has 0 heterocycles. The third-order valence-electron chi connectivity index (χ3n) is 5.84. The molecule has 0 bridgehead atoms. The van der Waals surface area contributed by atoms with Crippen molar-refractivity contribution < 1.29 is 9.90 Å². The summed E-state index contributed by atoms with van der Waals surface area (Å²) in [6.45, 7) is 4.77. The summed E-state index contributed by atoms with van der Waals surface area (Å²) in [6, 6.07) is 10.7. The first-order valence-electron chi connectivity index (χ1n) is 8.21. The Balaban J connectivity index is 1.79. The number of carboxylic acid groups (broad SMARTS) is 1.